The molecular weight excluding hydrogens is 457 g/mol. The molecule has 0 atom stereocenters. The zero-order chi connectivity index (χ0) is 24.9. The molecule has 3 heterocycles. The van der Waals surface area contributed by atoms with Crippen LogP contribution in [0.2, 0.25) is 0 Å². The fourth-order valence-corrected chi connectivity index (χ4v) is 5.47. The summed E-state index contributed by atoms with van der Waals surface area (Å²) >= 11 is 0. The topological polar surface area (TPSA) is 92.7 Å². The molecule has 0 bridgehead atoms. The van der Waals surface area contributed by atoms with E-state index in [1.54, 1.807) is 0 Å². The van der Waals surface area contributed by atoms with Crippen LogP contribution in [0.3, 0.4) is 0 Å². The molecule has 4 aromatic carbocycles. The highest BCUT2D eigenvalue weighted by atomic mass is 15.3. The number of fused-ring (bicyclic) bond motifs is 4. The molecule has 37 heavy (non-hydrogen) atoms. The van der Waals surface area contributed by atoms with Gasteiger partial charge in [0.05, 0.1) is 0 Å². The maximum atomic E-state index is 9.54. The molecule has 2 aliphatic rings. The minimum Gasteiger partial charge on any atom is -0.311 e. The number of nitriles is 2. The number of benzene rings is 4. The Bertz CT molecular complexity index is 1760. The largest absolute Gasteiger partial charge is 0.311 e. The number of nitrogens with zero attached hydrogens (tertiary/aromatic N) is 7. The third kappa shape index (κ3) is 3.03. The molecule has 7 nitrogen and oxygen atoms in total. The molecule has 170 valence electrons. The molecule has 8 heteroatoms. The molecule has 1 aromatic heterocycles. The van der Waals surface area contributed by atoms with Gasteiger partial charge in [0.15, 0.2) is 0 Å². The van der Waals surface area contributed by atoms with Gasteiger partial charge >= 0.3 is 0 Å². The molecule has 2 aliphatic heterocycles. The average Bonchev–Trinajstić information content (AvgIpc) is 2.97. The van der Waals surface area contributed by atoms with Gasteiger partial charge < -0.3 is 4.90 Å². The Hall–Kier alpha value is -5.47. The predicted octanol–water partition coefficient (Wildman–Crippen LogP) is 3.70. The summed E-state index contributed by atoms with van der Waals surface area (Å²) in [5, 5.41) is 19.1. The van der Waals surface area contributed by atoms with Crippen molar-refractivity contribution in [1.29, 1.82) is 10.5 Å². The summed E-state index contributed by atoms with van der Waals surface area (Å²) in [4.78, 5) is 17.0. The van der Waals surface area contributed by atoms with Gasteiger partial charge in [-0.25, -0.2) is 0 Å². The molecule has 0 saturated carbocycles. The Morgan fingerprint density at radius 1 is 0.541 bits per heavy atom. The van der Waals surface area contributed by atoms with Gasteiger partial charge in [0.2, 0.25) is 17.6 Å². The molecular formula is C29H16BN7. The van der Waals surface area contributed by atoms with E-state index in [0.29, 0.717) is 0 Å². The number of para-hydroxylation sites is 3. The van der Waals surface area contributed by atoms with Crippen molar-refractivity contribution >= 4 is 57.5 Å². The standard InChI is InChI=1S/C29H16BN7/c31-17-26-33-27(18-32)35-29(34-26)37-23-14-7-5-12-21(23)30-20-11-4-6-13-22(20)36(19-9-2-1-3-10-19)24-15-8-16-25(37)28(24)30/h1-16H. The van der Waals surface area contributed by atoms with Gasteiger partial charge in [0.25, 0.3) is 6.71 Å². The van der Waals surface area contributed by atoms with E-state index < -0.39 is 0 Å². The van der Waals surface area contributed by atoms with Crippen molar-refractivity contribution in [1.82, 2.24) is 15.0 Å². The maximum Gasteiger partial charge on any atom is 0.252 e. The third-order valence-corrected chi connectivity index (χ3v) is 6.85. The molecule has 0 amide bonds. The second kappa shape index (κ2) is 8.05. The molecule has 0 spiro atoms. The van der Waals surface area contributed by atoms with Gasteiger partial charge in [-0.05, 0) is 52.8 Å². The molecule has 5 aromatic rings. The average molecular weight is 473 g/mol. The highest BCUT2D eigenvalue weighted by Crippen LogP contribution is 2.42. The number of rotatable bonds is 2. The van der Waals surface area contributed by atoms with Gasteiger partial charge in [-0.3, -0.25) is 4.90 Å². The summed E-state index contributed by atoms with van der Waals surface area (Å²) in [5.41, 5.74) is 8.46. The van der Waals surface area contributed by atoms with Gasteiger partial charge in [0, 0.05) is 28.4 Å². The Kier molecular flexibility index (Phi) is 4.54. The van der Waals surface area contributed by atoms with Crippen LogP contribution in [-0.2, 0) is 0 Å². The first-order chi connectivity index (χ1) is 18.3. The number of aromatic nitrogens is 3. The Balaban J connectivity index is 1.57. The summed E-state index contributed by atoms with van der Waals surface area (Å²) in [6, 6.07) is 37.1. The quantitative estimate of drug-likeness (QED) is 0.354. The van der Waals surface area contributed by atoms with Crippen molar-refractivity contribution in [2.75, 3.05) is 9.80 Å². The minimum absolute atomic E-state index is 0.0116. The van der Waals surface area contributed by atoms with Crippen LogP contribution in [0.4, 0.5) is 34.4 Å². The lowest BCUT2D eigenvalue weighted by atomic mass is 9.33. The summed E-state index contributed by atoms with van der Waals surface area (Å²) in [6.45, 7) is -0.0116. The Morgan fingerprint density at radius 2 is 1.05 bits per heavy atom. The molecule has 7 rings (SSSR count). The summed E-state index contributed by atoms with van der Waals surface area (Å²) < 4.78 is 0. The SMILES string of the molecule is N#Cc1nc(C#N)nc(N2c3ccccc3B3c4ccccc4N(c4ccccc4)c4cccc2c43)n1. The second-order valence-electron chi connectivity index (χ2n) is 8.77. The summed E-state index contributed by atoms with van der Waals surface area (Å²) in [6.07, 6.45) is 0. The van der Waals surface area contributed by atoms with Crippen molar-refractivity contribution < 1.29 is 0 Å². The van der Waals surface area contributed by atoms with Crippen LogP contribution in [-0.4, -0.2) is 21.7 Å². The van der Waals surface area contributed by atoms with Crippen LogP contribution >= 0.6 is 0 Å². The van der Waals surface area contributed by atoms with Crippen LogP contribution in [0.1, 0.15) is 11.6 Å². The van der Waals surface area contributed by atoms with E-state index in [0.717, 1.165) is 39.4 Å². The first-order valence-electron chi connectivity index (χ1n) is 11.8. The molecule has 0 N–H and O–H groups in total. The number of hydrogen-bond donors (Lipinski definition) is 0. The van der Waals surface area contributed by atoms with E-state index in [2.05, 4.69) is 68.4 Å². The van der Waals surface area contributed by atoms with E-state index in [1.807, 2.05) is 65.6 Å². The van der Waals surface area contributed by atoms with Crippen molar-refractivity contribution in [3.8, 4) is 12.1 Å². The monoisotopic (exact) mass is 473 g/mol. The fraction of sp³-hybridized carbons (Fsp3) is 0. The first kappa shape index (κ1) is 20.9. The normalized spacial score (nSPS) is 12.6. The highest BCUT2D eigenvalue weighted by Gasteiger charge is 2.43. The van der Waals surface area contributed by atoms with E-state index in [4.69, 9.17) is 0 Å². The van der Waals surface area contributed by atoms with Crippen LogP contribution < -0.4 is 26.2 Å². The lowest BCUT2D eigenvalue weighted by Gasteiger charge is -2.43. The molecule has 0 radical (unpaired) electrons. The summed E-state index contributed by atoms with van der Waals surface area (Å²) in [5.74, 6) is 0.0527. The minimum atomic E-state index is -0.0952. The second-order valence-corrected chi connectivity index (χ2v) is 8.77. The van der Waals surface area contributed by atoms with Crippen molar-refractivity contribution in [3.05, 3.63) is 109 Å². The number of anilines is 6. The van der Waals surface area contributed by atoms with Crippen LogP contribution in [0, 0.1) is 22.7 Å². The first-order valence-corrected chi connectivity index (χ1v) is 11.8. The van der Waals surface area contributed by atoms with Crippen molar-refractivity contribution in [2.45, 2.75) is 0 Å². The number of hydrogen-bond acceptors (Lipinski definition) is 7. The molecule has 0 unspecified atom stereocenters. The van der Waals surface area contributed by atoms with Gasteiger partial charge in [-0.15, -0.1) is 0 Å². The lowest BCUT2D eigenvalue weighted by Crippen LogP contribution is -2.61. The zero-order valence-corrected chi connectivity index (χ0v) is 19.4. The molecule has 0 saturated heterocycles. The van der Waals surface area contributed by atoms with Crippen molar-refractivity contribution in [2.24, 2.45) is 0 Å². The summed E-state index contributed by atoms with van der Waals surface area (Å²) in [7, 11) is 0. The fourth-order valence-electron chi connectivity index (χ4n) is 5.47. The zero-order valence-electron chi connectivity index (χ0n) is 19.4. The van der Waals surface area contributed by atoms with Crippen molar-refractivity contribution in [3.63, 3.8) is 0 Å². The smallest absolute Gasteiger partial charge is 0.252 e. The maximum absolute atomic E-state index is 9.54. The highest BCUT2D eigenvalue weighted by molar-refractivity contribution is 7.00. The van der Waals surface area contributed by atoms with E-state index in [9.17, 15) is 10.5 Å². The Morgan fingerprint density at radius 3 is 1.68 bits per heavy atom. The van der Waals surface area contributed by atoms with E-state index in [1.165, 1.54) is 5.46 Å². The van der Waals surface area contributed by atoms with E-state index >= 15 is 0 Å². The lowest BCUT2D eigenvalue weighted by molar-refractivity contribution is 0.962. The molecule has 0 fully saturated rings. The third-order valence-electron chi connectivity index (χ3n) is 6.85. The Labute approximate surface area is 213 Å². The predicted molar refractivity (Wildman–Crippen MR) is 143 cm³/mol. The van der Waals surface area contributed by atoms with Crippen LogP contribution in [0.5, 0.6) is 0 Å². The van der Waals surface area contributed by atoms with Gasteiger partial charge in [-0.2, -0.15) is 25.5 Å². The van der Waals surface area contributed by atoms with Gasteiger partial charge in [-0.1, -0.05) is 60.7 Å². The van der Waals surface area contributed by atoms with Gasteiger partial charge in [0.1, 0.15) is 12.1 Å². The van der Waals surface area contributed by atoms with Crippen LogP contribution in [0.15, 0.2) is 97.1 Å². The van der Waals surface area contributed by atoms with E-state index in [-0.39, 0.29) is 24.3 Å². The van der Waals surface area contributed by atoms with Crippen LogP contribution in [0.25, 0.3) is 0 Å². The molecule has 0 aliphatic carbocycles.